The van der Waals surface area contributed by atoms with Gasteiger partial charge in [-0.25, -0.2) is 0 Å². The monoisotopic (exact) mass is 365 g/mol. The molecule has 1 aliphatic heterocycles. The van der Waals surface area contributed by atoms with Gasteiger partial charge >= 0.3 is 0 Å². The SMILES string of the molecule is Cc1ccccc1C(=O)N1CCN(CC(=O)Nc2c(C)cccc2C)CC1. The maximum atomic E-state index is 12.7. The molecule has 3 rings (SSSR count). The van der Waals surface area contributed by atoms with Crippen molar-refractivity contribution < 1.29 is 9.59 Å². The number of para-hydroxylation sites is 1. The van der Waals surface area contributed by atoms with Gasteiger partial charge < -0.3 is 10.2 Å². The number of benzene rings is 2. The number of anilines is 1. The largest absolute Gasteiger partial charge is 0.336 e. The Hall–Kier alpha value is -2.66. The Morgan fingerprint density at radius 2 is 1.44 bits per heavy atom. The van der Waals surface area contributed by atoms with Crippen molar-refractivity contribution in [1.82, 2.24) is 9.80 Å². The maximum absolute atomic E-state index is 12.7. The number of carbonyl (C=O) groups is 2. The summed E-state index contributed by atoms with van der Waals surface area (Å²) in [6.07, 6.45) is 0. The molecule has 1 aliphatic rings. The van der Waals surface area contributed by atoms with Crippen molar-refractivity contribution in [3.63, 3.8) is 0 Å². The van der Waals surface area contributed by atoms with Gasteiger partial charge in [0.15, 0.2) is 0 Å². The van der Waals surface area contributed by atoms with E-state index in [1.54, 1.807) is 0 Å². The molecule has 0 radical (unpaired) electrons. The molecule has 2 amide bonds. The maximum Gasteiger partial charge on any atom is 0.254 e. The first-order chi connectivity index (χ1) is 13.0. The zero-order valence-electron chi connectivity index (χ0n) is 16.3. The molecule has 1 saturated heterocycles. The van der Waals surface area contributed by atoms with Crippen LogP contribution >= 0.6 is 0 Å². The number of carbonyl (C=O) groups excluding carboxylic acids is 2. The van der Waals surface area contributed by atoms with Crippen molar-refractivity contribution in [2.45, 2.75) is 20.8 Å². The van der Waals surface area contributed by atoms with E-state index in [-0.39, 0.29) is 11.8 Å². The molecule has 1 N–H and O–H groups in total. The number of aryl methyl sites for hydroxylation is 3. The van der Waals surface area contributed by atoms with Gasteiger partial charge in [0.1, 0.15) is 0 Å². The number of hydrogen-bond donors (Lipinski definition) is 1. The van der Waals surface area contributed by atoms with Crippen LogP contribution in [-0.4, -0.2) is 54.3 Å². The Kier molecular flexibility index (Phi) is 5.91. The smallest absolute Gasteiger partial charge is 0.254 e. The fourth-order valence-electron chi connectivity index (χ4n) is 3.49. The molecule has 1 fully saturated rings. The van der Waals surface area contributed by atoms with Crippen molar-refractivity contribution in [1.29, 1.82) is 0 Å². The van der Waals surface area contributed by atoms with E-state index in [2.05, 4.69) is 10.2 Å². The van der Waals surface area contributed by atoms with Gasteiger partial charge in [-0.05, 0) is 43.5 Å². The summed E-state index contributed by atoms with van der Waals surface area (Å²) in [5.41, 5.74) is 4.79. The molecular formula is C22H27N3O2. The molecule has 2 aromatic rings. The number of hydrogen-bond acceptors (Lipinski definition) is 3. The minimum atomic E-state index is -0.00826. The van der Waals surface area contributed by atoms with E-state index in [0.717, 1.165) is 27.9 Å². The van der Waals surface area contributed by atoms with Crippen LogP contribution in [0, 0.1) is 20.8 Å². The lowest BCUT2D eigenvalue weighted by Crippen LogP contribution is -2.50. The summed E-state index contributed by atoms with van der Waals surface area (Å²) in [6, 6.07) is 13.7. The minimum Gasteiger partial charge on any atom is -0.336 e. The summed E-state index contributed by atoms with van der Waals surface area (Å²) in [6.45, 7) is 9.00. The highest BCUT2D eigenvalue weighted by molar-refractivity contribution is 5.96. The summed E-state index contributed by atoms with van der Waals surface area (Å²) < 4.78 is 0. The predicted octanol–water partition coefficient (Wildman–Crippen LogP) is 3.01. The van der Waals surface area contributed by atoms with Gasteiger partial charge in [0.05, 0.1) is 6.54 Å². The fraction of sp³-hybridized carbons (Fsp3) is 0.364. The van der Waals surface area contributed by atoms with E-state index in [1.807, 2.05) is 68.1 Å². The topological polar surface area (TPSA) is 52.7 Å². The Balaban J connectivity index is 1.53. The number of rotatable bonds is 4. The zero-order chi connectivity index (χ0) is 19.4. The van der Waals surface area contributed by atoms with Crippen LogP contribution in [0.15, 0.2) is 42.5 Å². The Labute approximate surface area is 161 Å². The van der Waals surface area contributed by atoms with Gasteiger partial charge in [-0.1, -0.05) is 36.4 Å². The van der Waals surface area contributed by atoms with Crippen LogP contribution in [0.3, 0.4) is 0 Å². The Bertz CT molecular complexity index is 819. The standard InChI is InChI=1S/C22H27N3O2/c1-16-7-4-5-10-19(16)22(27)25-13-11-24(12-14-25)15-20(26)23-21-17(2)8-6-9-18(21)3/h4-10H,11-15H2,1-3H3,(H,23,26). The lowest BCUT2D eigenvalue weighted by Gasteiger charge is -2.34. The van der Waals surface area contributed by atoms with Crippen molar-refractivity contribution in [2.75, 3.05) is 38.0 Å². The number of nitrogens with zero attached hydrogens (tertiary/aromatic N) is 2. The van der Waals surface area contributed by atoms with Crippen molar-refractivity contribution in [3.05, 3.63) is 64.7 Å². The molecule has 2 aromatic carbocycles. The normalized spacial score (nSPS) is 14.9. The third-order valence-corrected chi connectivity index (χ3v) is 5.15. The molecule has 0 aliphatic carbocycles. The highest BCUT2D eigenvalue weighted by Crippen LogP contribution is 2.19. The van der Waals surface area contributed by atoms with Gasteiger partial charge in [0.25, 0.3) is 5.91 Å². The number of amides is 2. The highest BCUT2D eigenvalue weighted by Gasteiger charge is 2.24. The summed E-state index contributed by atoms with van der Waals surface area (Å²) in [4.78, 5) is 29.1. The van der Waals surface area contributed by atoms with Crippen molar-refractivity contribution >= 4 is 17.5 Å². The molecule has 5 heteroatoms. The molecule has 0 aromatic heterocycles. The van der Waals surface area contributed by atoms with E-state index >= 15 is 0 Å². The molecule has 142 valence electrons. The molecule has 1 heterocycles. The van der Waals surface area contributed by atoms with Crippen LogP contribution < -0.4 is 5.32 Å². The molecular weight excluding hydrogens is 338 g/mol. The third-order valence-electron chi connectivity index (χ3n) is 5.15. The second-order valence-corrected chi connectivity index (χ2v) is 7.20. The number of piperazine rings is 1. The van der Waals surface area contributed by atoms with Crippen LogP contribution in [0.2, 0.25) is 0 Å². The van der Waals surface area contributed by atoms with E-state index in [9.17, 15) is 9.59 Å². The summed E-state index contributed by atoms with van der Waals surface area (Å²) >= 11 is 0. The lowest BCUT2D eigenvalue weighted by molar-refractivity contribution is -0.117. The van der Waals surface area contributed by atoms with E-state index in [4.69, 9.17) is 0 Å². The van der Waals surface area contributed by atoms with Crippen molar-refractivity contribution in [2.24, 2.45) is 0 Å². The molecule has 0 bridgehead atoms. The first-order valence-electron chi connectivity index (χ1n) is 9.39. The zero-order valence-corrected chi connectivity index (χ0v) is 16.3. The molecule has 0 spiro atoms. The average molecular weight is 365 g/mol. The van der Waals surface area contributed by atoms with Crippen LogP contribution in [0.25, 0.3) is 0 Å². The van der Waals surface area contributed by atoms with Gasteiger partial charge in [0, 0.05) is 37.4 Å². The molecule has 27 heavy (non-hydrogen) atoms. The second kappa shape index (κ2) is 8.35. The molecule has 0 atom stereocenters. The van der Waals surface area contributed by atoms with E-state index in [1.165, 1.54) is 0 Å². The van der Waals surface area contributed by atoms with E-state index < -0.39 is 0 Å². The molecule has 0 unspecified atom stereocenters. The quantitative estimate of drug-likeness (QED) is 0.906. The first-order valence-corrected chi connectivity index (χ1v) is 9.39. The van der Waals surface area contributed by atoms with Crippen LogP contribution in [0.5, 0.6) is 0 Å². The van der Waals surface area contributed by atoms with Crippen molar-refractivity contribution in [3.8, 4) is 0 Å². The first kappa shape index (κ1) is 19.1. The van der Waals surface area contributed by atoms with Crippen LogP contribution in [0.1, 0.15) is 27.0 Å². The lowest BCUT2D eigenvalue weighted by atomic mass is 10.1. The number of nitrogens with one attached hydrogen (secondary N) is 1. The van der Waals surface area contributed by atoms with Crippen LogP contribution in [-0.2, 0) is 4.79 Å². The third kappa shape index (κ3) is 4.55. The van der Waals surface area contributed by atoms with E-state index in [0.29, 0.717) is 32.7 Å². The van der Waals surface area contributed by atoms with Crippen LogP contribution in [0.4, 0.5) is 5.69 Å². The van der Waals surface area contributed by atoms with Gasteiger partial charge in [-0.15, -0.1) is 0 Å². The van der Waals surface area contributed by atoms with Gasteiger partial charge in [-0.2, -0.15) is 0 Å². The Morgan fingerprint density at radius 1 is 0.852 bits per heavy atom. The second-order valence-electron chi connectivity index (χ2n) is 7.20. The van der Waals surface area contributed by atoms with Gasteiger partial charge in [0.2, 0.25) is 5.91 Å². The summed E-state index contributed by atoms with van der Waals surface area (Å²) in [5.74, 6) is 0.0683. The minimum absolute atomic E-state index is 0.00826. The molecule has 5 nitrogen and oxygen atoms in total. The highest BCUT2D eigenvalue weighted by atomic mass is 16.2. The average Bonchev–Trinajstić information content (AvgIpc) is 2.65. The fourth-order valence-corrected chi connectivity index (χ4v) is 3.49. The predicted molar refractivity (Wildman–Crippen MR) is 108 cm³/mol. The summed E-state index contributed by atoms with van der Waals surface area (Å²) in [5, 5.41) is 3.03. The summed E-state index contributed by atoms with van der Waals surface area (Å²) in [7, 11) is 0. The Morgan fingerprint density at radius 3 is 2.07 bits per heavy atom. The molecule has 0 saturated carbocycles. The van der Waals surface area contributed by atoms with Gasteiger partial charge in [-0.3, -0.25) is 14.5 Å².